The van der Waals surface area contributed by atoms with Crippen molar-refractivity contribution >= 4 is 50.1 Å². The highest BCUT2D eigenvalue weighted by Crippen LogP contribution is 2.32. The van der Waals surface area contributed by atoms with Crippen LogP contribution in [0, 0.1) is 15.2 Å². The van der Waals surface area contributed by atoms with Gasteiger partial charge in [-0.2, -0.15) is 4.98 Å². The van der Waals surface area contributed by atoms with Crippen molar-refractivity contribution in [2.45, 2.75) is 18.9 Å². The van der Waals surface area contributed by atoms with Gasteiger partial charge in [-0.3, -0.25) is 4.79 Å². The molecule has 0 unspecified atom stereocenters. The molecule has 140 valence electrons. The summed E-state index contributed by atoms with van der Waals surface area (Å²) in [6.07, 6.45) is 1.24. The Labute approximate surface area is 172 Å². The predicted molar refractivity (Wildman–Crippen MR) is 108 cm³/mol. The number of halogens is 3. The Kier molecular flexibility index (Phi) is 5.27. The molecule has 8 heteroatoms. The van der Waals surface area contributed by atoms with Crippen LogP contribution in [0.4, 0.5) is 8.78 Å². The maximum absolute atomic E-state index is 13.8. The summed E-state index contributed by atoms with van der Waals surface area (Å²) in [7, 11) is 0. The van der Waals surface area contributed by atoms with E-state index in [1.807, 2.05) is 29.2 Å². The van der Waals surface area contributed by atoms with Gasteiger partial charge in [-0.05, 0) is 40.8 Å². The van der Waals surface area contributed by atoms with Crippen molar-refractivity contribution in [3.8, 4) is 5.19 Å². The lowest BCUT2D eigenvalue weighted by atomic mass is 10.1. The molecule has 3 aromatic rings. The number of hydrogen-bond donors (Lipinski definition) is 0. The molecule has 1 aliphatic rings. The maximum Gasteiger partial charge on any atom is 0.274 e. The van der Waals surface area contributed by atoms with E-state index >= 15 is 0 Å². The van der Waals surface area contributed by atoms with Gasteiger partial charge in [0, 0.05) is 35.6 Å². The number of benzene rings is 2. The van der Waals surface area contributed by atoms with Gasteiger partial charge < -0.3 is 9.64 Å². The minimum absolute atomic E-state index is 0.0241. The molecule has 0 spiro atoms. The largest absolute Gasteiger partial charge is 0.467 e. The van der Waals surface area contributed by atoms with Crippen molar-refractivity contribution in [2.75, 3.05) is 13.1 Å². The second-order valence-corrected chi connectivity index (χ2v) is 8.46. The molecule has 27 heavy (non-hydrogen) atoms. The van der Waals surface area contributed by atoms with E-state index in [1.54, 1.807) is 0 Å². The molecule has 0 radical (unpaired) electrons. The number of thiazole rings is 1. The summed E-state index contributed by atoms with van der Waals surface area (Å²) < 4.78 is 34.3. The summed E-state index contributed by atoms with van der Waals surface area (Å²) in [5.41, 5.74) is 0.837. The van der Waals surface area contributed by atoms with E-state index in [0.717, 1.165) is 21.0 Å². The van der Waals surface area contributed by atoms with Crippen LogP contribution in [0.1, 0.15) is 23.2 Å². The summed E-state index contributed by atoms with van der Waals surface area (Å²) in [6.45, 7) is 1.17. The van der Waals surface area contributed by atoms with Gasteiger partial charge in [-0.15, -0.1) is 0 Å². The first-order chi connectivity index (χ1) is 13.0. The lowest BCUT2D eigenvalue weighted by molar-refractivity contribution is 0.0594. The van der Waals surface area contributed by atoms with Crippen LogP contribution in [0.15, 0.2) is 36.4 Å². The normalized spacial score (nSPS) is 15.3. The number of hydrogen-bond acceptors (Lipinski definition) is 4. The van der Waals surface area contributed by atoms with Crippen LogP contribution in [0.3, 0.4) is 0 Å². The summed E-state index contributed by atoms with van der Waals surface area (Å²) in [5.74, 6) is -1.29. The van der Waals surface area contributed by atoms with Gasteiger partial charge in [0.2, 0.25) is 0 Å². The fraction of sp³-hybridized carbons (Fsp3) is 0.263. The van der Waals surface area contributed by atoms with E-state index < -0.39 is 11.6 Å². The molecule has 1 aliphatic heterocycles. The Morgan fingerprint density at radius 3 is 2.70 bits per heavy atom. The highest BCUT2D eigenvalue weighted by atomic mass is 127. The van der Waals surface area contributed by atoms with Crippen molar-refractivity contribution in [1.82, 2.24) is 9.88 Å². The van der Waals surface area contributed by atoms with Crippen LogP contribution in [0.2, 0.25) is 0 Å². The van der Waals surface area contributed by atoms with E-state index in [1.165, 1.54) is 6.07 Å². The molecule has 2 heterocycles. The molecular weight excluding hydrogens is 485 g/mol. The molecule has 4 rings (SSSR count). The highest BCUT2D eigenvalue weighted by molar-refractivity contribution is 14.1. The Morgan fingerprint density at radius 2 is 1.96 bits per heavy atom. The number of likely N-dealkylation sites (tertiary alicyclic amines) is 1. The van der Waals surface area contributed by atoms with Crippen LogP contribution >= 0.6 is 33.9 Å². The summed E-state index contributed by atoms with van der Waals surface area (Å²) in [4.78, 5) is 18.6. The van der Waals surface area contributed by atoms with Crippen molar-refractivity contribution in [3.05, 3.63) is 57.2 Å². The number of rotatable bonds is 3. The average molecular weight is 500 g/mol. The van der Waals surface area contributed by atoms with Crippen LogP contribution in [-0.4, -0.2) is 35.0 Å². The minimum atomic E-state index is -0.686. The van der Waals surface area contributed by atoms with Crippen LogP contribution in [0.25, 0.3) is 10.2 Å². The van der Waals surface area contributed by atoms with E-state index in [9.17, 15) is 13.6 Å². The summed E-state index contributed by atoms with van der Waals surface area (Å²) in [5, 5.41) is 0.330. The molecule has 0 atom stereocenters. The lowest BCUT2D eigenvalue weighted by Gasteiger charge is -2.31. The Bertz CT molecular complexity index is 1000. The molecule has 1 saturated heterocycles. The summed E-state index contributed by atoms with van der Waals surface area (Å²) in [6, 6.07) is 9.60. The van der Waals surface area contributed by atoms with Crippen molar-refractivity contribution in [3.63, 3.8) is 0 Å². The molecule has 2 aromatic carbocycles. The number of aromatic nitrogens is 1. The summed E-state index contributed by atoms with van der Waals surface area (Å²) >= 11 is 3.30. The zero-order chi connectivity index (χ0) is 19.0. The van der Waals surface area contributed by atoms with Gasteiger partial charge in [0.25, 0.3) is 11.1 Å². The lowest BCUT2D eigenvalue weighted by Crippen LogP contribution is -2.42. The Morgan fingerprint density at radius 1 is 1.22 bits per heavy atom. The Balaban J connectivity index is 1.40. The topological polar surface area (TPSA) is 42.4 Å². The van der Waals surface area contributed by atoms with Crippen LogP contribution < -0.4 is 4.74 Å². The van der Waals surface area contributed by atoms with E-state index in [4.69, 9.17) is 4.74 Å². The number of ether oxygens (including phenoxy) is 1. The van der Waals surface area contributed by atoms with Crippen LogP contribution in [-0.2, 0) is 0 Å². The first-order valence-corrected chi connectivity index (χ1v) is 10.4. The van der Waals surface area contributed by atoms with Crippen molar-refractivity contribution < 1.29 is 18.3 Å². The van der Waals surface area contributed by atoms with Crippen molar-refractivity contribution in [2.24, 2.45) is 0 Å². The molecule has 0 bridgehead atoms. The number of carbonyl (C=O) groups is 1. The average Bonchev–Trinajstić information content (AvgIpc) is 3.05. The molecule has 1 fully saturated rings. The Hall–Kier alpha value is -1.81. The van der Waals surface area contributed by atoms with E-state index in [2.05, 4.69) is 27.6 Å². The first-order valence-electron chi connectivity index (χ1n) is 8.47. The minimum Gasteiger partial charge on any atom is -0.467 e. The molecule has 0 aliphatic carbocycles. The first kappa shape index (κ1) is 18.5. The molecule has 0 N–H and O–H groups in total. The monoisotopic (exact) mass is 500 g/mol. The quantitative estimate of drug-likeness (QED) is 0.483. The van der Waals surface area contributed by atoms with Crippen LogP contribution in [0.5, 0.6) is 5.19 Å². The van der Waals surface area contributed by atoms with E-state index in [-0.39, 0.29) is 17.5 Å². The highest BCUT2D eigenvalue weighted by Gasteiger charge is 2.26. The SMILES string of the molecule is O=C(c1ccccc1I)N1CCC(Oc2nc3c(F)cc(F)cc3s2)CC1. The fourth-order valence-electron chi connectivity index (χ4n) is 3.11. The van der Waals surface area contributed by atoms with Gasteiger partial charge in [-0.25, -0.2) is 8.78 Å². The number of carbonyl (C=O) groups excluding carboxylic acids is 1. The smallest absolute Gasteiger partial charge is 0.274 e. The number of nitrogens with zero attached hydrogens (tertiary/aromatic N) is 2. The number of piperidine rings is 1. The van der Waals surface area contributed by atoms with Gasteiger partial charge in [-0.1, -0.05) is 23.5 Å². The van der Waals surface area contributed by atoms with Gasteiger partial charge >= 0.3 is 0 Å². The van der Waals surface area contributed by atoms with Crippen molar-refractivity contribution in [1.29, 1.82) is 0 Å². The van der Waals surface area contributed by atoms with Gasteiger partial charge in [0.15, 0.2) is 5.82 Å². The fourth-order valence-corrected chi connectivity index (χ4v) is 4.65. The number of fused-ring (bicyclic) bond motifs is 1. The zero-order valence-electron chi connectivity index (χ0n) is 14.1. The standard InChI is InChI=1S/C19H15F2IN2O2S/c20-11-9-14(21)17-16(10-11)27-19(23-17)26-12-5-7-24(8-6-12)18(25)13-3-1-2-4-15(13)22/h1-4,9-10,12H,5-8H2. The third-order valence-corrected chi connectivity index (χ3v) is 6.33. The third-order valence-electron chi connectivity index (χ3n) is 4.49. The molecule has 4 nitrogen and oxygen atoms in total. The predicted octanol–water partition coefficient (Wildman–Crippen LogP) is 4.86. The second kappa shape index (κ2) is 7.67. The number of amides is 1. The van der Waals surface area contributed by atoms with E-state index in [0.29, 0.717) is 41.4 Å². The second-order valence-electron chi connectivity index (χ2n) is 6.30. The zero-order valence-corrected chi connectivity index (χ0v) is 17.1. The molecule has 1 aromatic heterocycles. The molecule has 1 amide bonds. The van der Waals surface area contributed by atoms with Gasteiger partial charge in [0.05, 0.1) is 10.3 Å². The molecular formula is C19H15F2IN2O2S. The van der Waals surface area contributed by atoms with Gasteiger partial charge in [0.1, 0.15) is 17.4 Å². The maximum atomic E-state index is 13.8. The third kappa shape index (κ3) is 3.91. The molecule has 0 saturated carbocycles.